The molecule has 1 rings (SSSR count). The van der Waals surface area contributed by atoms with Crippen molar-refractivity contribution in [1.82, 2.24) is 10.6 Å². The van der Waals surface area contributed by atoms with Crippen molar-refractivity contribution in [3.63, 3.8) is 0 Å². The van der Waals surface area contributed by atoms with Gasteiger partial charge in [-0.25, -0.2) is 0 Å². The molecule has 0 bridgehead atoms. The van der Waals surface area contributed by atoms with E-state index in [1.165, 1.54) is 25.7 Å². The second-order valence-electron chi connectivity index (χ2n) is 4.82. The first-order chi connectivity index (χ1) is 7.68. The van der Waals surface area contributed by atoms with Gasteiger partial charge < -0.3 is 10.6 Å². The molecule has 0 saturated heterocycles. The smallest absolute Gasteiger partial charge is 0.234 e. The van der Waals surface area contributed by atoms with Crippen LogP contribution in [-0.4, -0.2) is 25.0 Å². The maximum Gasteiger partial charge on any atom is 0.234 e. The molecule has 1 amide bonds. The van der Waals surface area contributed by atoms with Gasteiger partial charge in [-0.15, -0.1) is 0 Å². The molecule has 92 valence electrons. The van der Waals surface area contributed by atoms with Crippen LogP contribution in [0.4, 0.5) is 0 Å². The first kappa shape index (κ1) is 13.2. The van der Waals surface area contributed by atoms with Crippen LogP contribution in [0.5, 0.6) is 0 Å². The minimum Gasteiger partial charge on any atom is -0.352 e. The average Bonchev–Trinajstić information content (AvgIpc) is 2.45. The van der Waals surface area contributed by atoms with Crippen molar-refractivity contribution in [3.8, 4) is 0 Å². The summed E-state index contributed by atoms with van der Waals surface area (Å²) >= 11 is 0. The number of carbonyl (C=O) groups is 1. The summed E-state index contributed by atoms with van der Waals surface area (Å²) in [5, 5.41) is 6.18. The summed E-state index contributed by atoms with van der Waals surface area (Å²) in [6.45, 7) is 6.87. The second kappa shape index (κ2) is 7.44. The van der Waals surface area contributed by atoms with E-state index in [-0.39, 0.29) is 5.91 Å². The minimum atomic E-state index is 0.119. The lowest BCUT2D eigenvalue weighted by atomic mass is 10.1. The van der Waals surface area contributed by atoms with Crippen LogP contribution < -0.4 is 10.6 Å². The quantitative estimate of drug-likeness (QED) is 0.554. The Kier molecular flexibility index (Phi) is 6.16. The molecular weight excluding hydrogens is 200 g/mol. The Balaban J connectivity index is 2.14. The monoisotopic (exact) mass is 224 g/mol. The molecule has 1 fully saturated rings. The van der Waals surface area contributed by atoms with Gasteiger partial charge in [0.15, 0.2) is 0 Å². The third-order valence-electron chi connectivity index (χ3n) is 2.93. The predicted molar refractivity (Wildman–Crippen MR) is 67.3 cm³/mol. The van der Waals surface area contributed by atoms with Gasteiger partial charge in [-0.2, -0.15) is 0 Å². The first-order valence-corrected chi connectivity index (χ1v) is 6.33. The van der Waals surface area contributed by atoms with Crippen molar-refractivity contribution in [2.24, 2.45) is 0 Å². The van der Waals surface area contributed by atoms with Crippen LogP contribution in [0.3, 0.4) is 0 Å². The number of nitrogens with one attached hydrogen (secondary N) is 2. The third-order valence-corrected chi connectivity index (χ3v) is 2.93. The van der Waals surface area contributed by atoms with E-state index in [2.05, 4.69) is 17.2 Å². The van der Waals surface area contributed by atoms with Gasteiger partial charge in [0.05, 0.1) is 6.54 Å². The molecule has 1 saturated carbocycles. The van der Waals surface area contributed by atoms with Crippen LogP contribution in [0.1, 0.15) is 45.4 Å². The number of rotatable bonds is 5. The lowest BCUT2D eigenvalue weighted by molar-refractivity contribution is -0.121. The van der Waals surface area contributed by atoms with Gasteiger partial charge in [-0.1, -0.05) is 37.8 Å². The average molecular weight is 224 g/mol. The zero-order valence-electron chi connectivity index (χ0n) is 10.3. The highest BCUT2D eigenvalue weighted by molar-refractivity contribution is 5.78. The highest BCUT2D eigenvalue weighted by Gasteiger charge is 2.13. The van der Waals surface area contributed by atoms with Crippen LogP contribution in [0, 0.1) is 0 Å². The maximum atomic E-state index is 11.6. The predicted octanol–water partition coefficient (Wildman–Crippen LogP) is 1.99. The van der Waals surface area contributed by atoms with E-state index < -0.39 is 0 Å². The molecule has 3 nitrogen and oxygen atoms in total. The standard InChI is InChI=1S/C13H24N2O/c1-11(2)9-14-10-13(16)15-12-7-5-3-4-6-8-12/h12,14H,1,3-10H2,2H3,(H,15,16). The Bertz CT molecular complexity index is 230. The van der Waals surface area contributed by atoms with Gasteiger partial charge in [-0.05, 0) is 19.8 Å². The van der Waals surface area contributed by atoms with Crippen LogP contribution in [0.25, 0.3) is 0 Å². The summed E-state index contributed by atoms with van der Waals surface area (Å²) in [5.41, 5.74) is 1.06. The molecule has 0 atom stereocenters. The van der Waals surface area contributed by atoms with Crippen LogP contribution in [0.15, 0.2) is 12.2 Å². The highest BCUT2D eigenvalue weighted by atomic mass is 16.1. The van der Waals surface area contributed by atoms with E-state index in [9.17, 15) is 4.79 Å². The van der Waals surface area contributed by atoms with Gasteiger partial charge in [0.25, 0.3) is 0 Å². The molecule has 3 heteroatoms. The van der Waals surface area contributed by atoms with Crippen LogP contribution >= 0.6 is 0 Å². The fraction of sp³-hybridized carbons (Fsp3) is 0.769. The number of amides is 1. The zero-order chi connectivity index (χ0) is 11.8. The molecule has 0 spiro atoms. The van der Waals surface area contributed by atoms with Crippen molar-refractivity contribution < 1.29 is 4.79 Å². The number of hydrogen-bond donors (Lipinski definition) is 2. The van der Waals surface area contributed by atoms with Crippen molar-refractivity contribution in [3.05, 3.63) is 12.2 Å². The Morgan fingerprint density at radius 2 is 1.81 bits per heavy atom. The molecule has 0 aliphatic heterocycles. The van der Waals surface area contributed by atoms with Gasteiger partial charge in [0.2, 0.25) is 5.91 Å². The molecule has 2 N–H and O–H groups in total. The SMILES string of the molecule is C=C(C)CNCC(=O)NC1CCCCCC1. The van der Waals surface area contributed by atoms with E-state index in [1.807, 2.05) is 6.92 Å². The van der Waals surface area contributed by atoms with E-state index >= 15 is 0 Å². The number of hydrogen-bond acceptors (Lipinski definition) is 2. The van der Waals surface area contributed by atoms with Crippen LogP contribution in [-0.2, 0) is 4.79 Å². The Hall–Kier alpha value is -0.830. The van der Waals surface area contributed by atoms with Crippen molar-refractivity contribution in [2.75, 3.05) is 13.1 Å². The molecule has 0 unspecified atom stereocenters. The van der Waals surface area contributed by atoms with Crippen molar-refractivity contribution >= 4 is 5.91 Å². The van der Waals surface area contributed by atoms with Gasteiger partial charge in [-0.3, -0.25) is 4.79 Å². The van der Waals surface area contributed by atoms with Gasteiger partial charge in [0.1, 0.15) is 0 Å². The fourth-order valence-corrected chi connectivity index (χ4v) is 2.09. The summed E-state index contributed by atoms with van der Waals surface area (Å²) in [5.74, 6) is 0.119. The molecule has 0 aromatic heterocycles. The molecule has 0 radical (unpaired) electrons. The molecule has 1 aliphatic carbocycles. The normalized spacial score (nSPS) is 17.8. The highest BCUT2D eigenvalue weighted by Crippen LogP contribution is 2.16. The molecule has 0 heterocycles. The third kappa shape index (κ3) is 5.91. The molecule has 0 aromatic rings. The summed E-state index contributed by atoms with van der Waals surface area (Å²) in [4.78, 5) is 11.6. The lowest BCUT2D eigenvalue weighted by Gasteiger charge is -2.16. The summed E-state index contributed by atoms with van der Waals surface area (Å²) < 4.78 is 0. The van der Waals surface area contributed by atoms with Crippen LogP contribution in [0.2, 0.25) is 0 Å². The summed E-state index contributed by atoms with van der Waals surface area (Å²) in [6, 6.07) is 0.404. The molecular formula is C13H24N2O. The minimum absolute atomic E-state index is 0.119. The van der Waals surface area contributed by atoms with Crippen molar-refractivity contribution in [1.29, 1.82) is 0 Å². The van der Waals surface area contributed by atoms with E-state index in [0.717, 1.165) is 25.0 Å². The largest absolute Gasteiger partial charge is 0.352 e. The van der Waals surface area contributed by atoms with E-state index in [0.29, 0.717) is 12.6 Å². The van der Waals surface area contributed by atoms with E-state index in [4.69, 9.17) is 0 Å². The lowest BCUT2D eigenvalue weighted by Crippen LogP contribution is -2.40. The van der Waals surface area contributed by atoms with E-state index in [1.54, 1.807) is 0 Å². The molecule has 16 heavy (non-hydrogen) atoms. The Morgan fingerprint density at radius 1 is 1.19 bits per heavy atom. The molecule has 1 aliphatic rings. The maximum absolute atomic E-state index is 11.6. The summed E-state index contributed by atoms with van der Waals surface area (Å²) in [6.07, 6.45) is 7.44. The summed E-state index contributed by atoms with van der Waals surface area (Å²) in [7, 11) is 0. The second-order valence-corrected chi connectivity index (χ2v) is 4.82. The Morgan fingerprint density at radius 3 is 2.38 bits per heavy atom. The fourth-order valence-electron chi connectivity index (χ4n) is 2.09. The number of carbonyl (C=O) groups excluding carboxylic acids is 1. The topological polar surface area (TPSA) is 41.1 Å². The van der Waals surface area contributed by atoms with Crippen molar-refractivity contribution in [2.45, 2.75) is 51.5 Å². The zero-order valence-corrected chi connectivity index (χ0v) is 10.3. The first-order valence-electron chi connectivity index (χ1n) is 6.33. The Labute approximate surface area is 98.7 Å². The molecule has 0 aromatic carbocycles. The van der Waals surface area contributed by atoms with Gasteiger partial charge in [0, 0.05) is 12.6 Å². The van der Waals surface area contributed by atoms with Gasteiger partial charge >= 0.3 is 0 Å².